The van der Waals surface area contributed by atoms with Gasteiger partial charge in [-0.1, -0.05) is 0 Å². The summed E-state index contributed by atoms with van der Waals surface area (Å²) in [5.74, 6) is 0.0990. The van der Waals surface area contributed by atoms with Crippen molar-refractivity contribution in [3.05, 3.63) is 24.3 Å². The molecule has 2 N–H and O–H groups in total. The zero-order chi connectivity index (χ0) is 18.2. The van der Waals surface area contributed by atoms with Crippen LogP contribution >= 0.6 is 11.8 Å². The van der Waals surface area contributed by atoms with Crippen LogP contribution in [0.5, 0.6) is 5.75 Å². The molecule has 136 valence electrons. The summed E-state index contributed by atoms with van der Waals surface area (Å²) >= 11 is 1.29. The summed E-state index contributed by atoms with van der Waals surface area (Å²) in [7, 11) is 0. The van der Waals surface area contributed by atoms with Crippen LogP contribution in [-0.4, -0.2) is 48.0 Å². The Morgan fingerprint density at radius 1 is 1.24 bits per heavy atom. The fourth-order valence-corrected chi connectivity index (χ4v) is 3.43. The summed E-state index contributed by atoms with van der Waals surface area (Å²) in [4.78, 5) is 35.9. The predicted molar refractivity (Wildman–Crippen MR) is 95.7 cm³/mol. The smallest absolute Gasteiger partial charge is 0.329 e. The standard InChI is InChI=1S/C17H22N2O5S/c1-3-23-12-7-5-11(6-8-12)18-15(20)9-14-16(21)19-13(10-25-14)17(22)24-4-2/h5-8,13-14H,3-4,9-10H2,1-2H3,(H,18,20)(H,19,21)/t13-,14+/m1/s1. The first-order valence-corrected chi connectivity index (χ1v) is 9.19. The van der Waals surface area contributed by atoms with Crippen molar-refractivity contribution in [3.63, 3.8) is 0 Å². The average molecular weight is 366 g/mol. The van der Waals surface area contributed by atoms with E-state index in [1.165, 1.54) is 11.8 Å². The van der Waals surface area contributed by atoms with E-state index in [4.69, 9.17) is 9.47 Å². The second-order valence-electron chi connectivity index (χ2n) is 5.34. The zero-order valence-corrected chi connectivity index (χ0v) is 15.1. The van der Waals surface area contributed by atoms with E-state index in [0.717, 1.165) is 5.75 Å². The lowest BCUT2D eigenvalue weighted by Crippen LogP contribution is -2.51. The lowest BCUT2D eigenvalue weighted by atomic mass is 10.2. The topological polar surface area (TPSA) is 93.7 Å². The second-order valence-corrected chi connectivity index (χ2v) is 6.58. The number of anilines is 1. The monoisotopic (exact) mass is 366 g/mol. The number of benzene rings is 1. The Bertz CT molecular complexity index is 620. The summed E-state index contributed by atoms with van der Waals surface area (Å²) in [5, 5.41) is 4.84. The average Bonchev–Trinajstić information content (AvgIpc) is 2.59. The van der Waals surface area contributed by atoms with Gasteiger partial charge in [-0.15, -0.1) is 11.8 Å². The van der Waals surface area contributed by atoms with Gasteiger partial charge in [0.05, 0.1) is 18.5 Å². The number of thioether (sulfide) groups is 1. The molecule has 1 aliphatic rings. The molecule has 1 aromatic rings. The Kier molecular flexibility index (Phi) is 7.12. The highest BCUT2D eigenvalue weighted by Gasteiger charge is 2.34. The van der Waals surface area contributed by atoms with Crippen molar-refractivity contribution in [3.8, 4) is 5.75 Å². The molecular weight excluding hydrogens is 344 g/mol. The van der Waals surface area contributed by atoms with Crippen LogP contribution in [0.2, 0.25) is 0 Å². The SMILES string of the molecule is CCOC(=O)[C@H]1CS[C@@H](CC(=O)Nc2ccc(OCC)cc2)C(=O)N1. The van der Waals surface area contributed by atoms with Crippen LogP contribution in [0.25, 0.3) is 0 Å². The Morgan fingerprint density at radius 3 is 2.56 bits per heavy atom. The fraction of sp³-hybridized carbons (Fsp3) is 0.471. The maximum absolute atomic E-state index is 12.1. The van der Waals surface area contributed by atoms with Gasteiger partial charge >= 0.3 is 5.97 Å². The second kappa shape index (κ2) is 9.31. The molecule has 0 spiro atoms. The van der Waals surface area contributed by atoms with E-state index >= 15 is 0 Å². The third-order valence-electron chi connectivity index (χ3n) is 3.46. The molecule has 8 heteroatoms. The molecule has 1 aliphatic heterocycles. The molecule has 0 saturated carbocycles. The number of hydrogen-bond donors (Lipinski definition) is 2. The van der Waals surface area contributed by atoms with Crippen LogP contribution in [0.1, 0.15) is 20.3 Å². The van der Waals surface area contributed by atoms with Crippen molar-refractivity contribution in [1.82, 2.24) is 5.32 Å². The van der Waals surface area contributed by atoms with Crippen molar-refractivity contribution >= 4 is 35.2 Å². The summed E-state index contributed by atoms with van der Waals surface area (Å²) in [6.07, 6.45) is 0.0409. The molecule has 2 atom stereocenters. The first kappa shape index (κ1) is 19.1. The number of carbonyl (C=O) groups is 3. The van der Waals surface area contributed by atoms with Gasteiger partial charge < -0.3 is 20.1 Å². The molecule has 2 amide bonds. The summed E-state index contributed by atoms with van der Waals surface area (Å²) in [6.45, 7) is 4.45. The largest absolute Gasteiger partial charge is 0.494 e. The molecule has 1 fully saturated rings. The lowest BCUT2D eigenvalue weighted by molar-refractivity contribution is -0.146. The Morgan fingerprint density at radius 2 is 1.96 bits per heavy atom. The molecule has 7 nitrogen and oxygen atoms in total. The lowest BCUT2D eigenvalue weighted by Gasteiger charge is -2.27. The van der Waals surface area contributed by atoms with E-state index < -0.39 is 17.3 Å². The first-order chi connectivity index (χ1) is 12.0. The van der Waals surface area contributed by atoms with E-state index in [9.17, 15) is 14.4 Å². The van der Waals surface area contributed by atoms with Crippen LogP contribution in [-0.2, 0) is 19.1 Å². The summed E-state index contributed by atoms with van der Waals surface area (Å²) in [6, 6.07) is 6.38. The van der Waals surface area contributed by atoms with Crippen molar-refractivity contribution in [1.29, 1.82) is 0 Å². The number of esters is 1. The molecule has 1 saturated heterocycles. The molecule has 1 heterocycles. The number of ether oxygens (including phenoxy) is 2. The number of carbonyl (C=O) groups excluding carboxylic acids is 3. The van der Waals surface area contributed by atoms with Gasteiger partial charge in [-0.05, 0) is 38.1 Å². The van der Waals surface area contributed by atoms with E-state index in [1.54, 1.807) is 31.2 Å². The summed E-state index contributed by atoms with van der Waals surface area (Å²) in [5.41, 5.74) is 0.638. The van der Waals surface area contributed by atoms with Gasteiger partial charge in [0.1, 0.15) is 11.8 Å². The number of rotatable bonds is 7. The molecule has 0 aromatic heterocycles. The molecule has 25 heavy (non-hydrogen) atoms. The Hall–Kier alpha value is -2.22. The zero-order valence-electron chi connectivity index (χ0n) is 14.2. The van der Waals surface area contributed by atoms with Gasteiger partial charge in [0.25, 0.3) is 0 Å². The van der Waals surface area contributed by atoms with Crippen molar-refractivity contribution in [2.75, 3.05) is 24.3 Å². The molecule has 0 unspecified atom stereocenters. The van der Waals surface area contributed by atoms with Crippen molar-refractivity contribution < 1.29 is 23.9 Å². The van der Waals surface area contributed by atoms with E-state index in [1.807, 2.05) is 6.92 Å². The molecule has 0 bridgehead atoms. The molecule has 0 aliphatic carbocycles. The van der Waals surface area contributed by atoms with E-state index in [2.05, 4.69) is 10.6 Å². The van der Waals surface area contributed by atoms with Gasteiger partial charge in [0.15, 0.2) is 0 Å². The highest BCUT2D eigenvalue weighted by Crippen LogP contribution is 2.22. The van der Waals surface area contributed by atoms with E-state index in [0.29, 0.717) is 18.0 Å². The summed E-state index contributed by atoms with van der Waals surface area (Å²) < 4.78 is 10.2. The maximum atomic E-state index is 12.1. The van der Waals surface area contributed by atoms with Gasteiger partial charge in [-0.3, -0.25) is 9.59 Å². The van der Waals surface area contributed by atoms with Crippen molar-refractivity contribution in [2.45, 2.75) is 31.6 Å². The minimum absolute atomic E-state index is 0.0409. The van der Waals surface area contributed by atoms with E-state index in [-0.39, 0.29) is 24.8 Å². The van der Waals surface area contributed by atoms with Crippen molar-refractivity contribution in [2.24, 2.45) is 0 Å². The van der Waals surface area contributed by atoms with Crippen LogP contribution in [0.4, 0.5) is 5.69 Å². The molecule has 1 aromatic carbocycles. The number of nitrogens with one attached hydrogen (secondary N) is 2. The highest BCUT2D eigenvalue weighted by molar-refractivity contribution is 8.00. The maximum Gasteiger partial charge on any atom is 0.329 e. The normalized spacial score (nSPS) is 19.7. The highest BCUT2D eigenvalue weighted by atomic mass is 32.2. The van der Waals surface area contributed by atoms with Gasteiger partial charge in [-0.25, -0.2) is 4.79 Å². The minimum Gasteiger partial charge on any atom is -0.494 e. The molecular formula is C17H22N2O5S. The van der Waals surface area contributed by atoms with Crippen LogP contribution in [0, 0.1) is 0 Å². The van der Waals surface area contributed by atoms with Crippen LogP contribution in [0.15, 0.2) is 24.3 Å². The quantitative estimate of drug-likeness (QED) is 0.712. The first-order valence-electron chi connectivity index (χ1n) is 8.14. The van der Waals surface area contributed by atoms with Gasteiger partial charge in [-0.2, -0.15) is 0 Å². The fourth-order valence-electron chi connectivity index (χ4n) is 2.30. The van der Waals surface area contributed by atoms with Gasteiger partial charge in [0.2, 0.25) is 11.8 Å². The van der Waals surface area contributed by atoms with Crippen LogP contribution in [0.3, 0.4) is 0 Å². The molecule has 2 rings (SSSR count). The van der Waals surface area contributed by atoms with Crippen LogP contribution < -0.4 is 15.4 Å². The van der Waals surface area contributed by atoms with Gasteiger partial charge in [0, 0.05) is 17.9 Å². The third-order valence-corrected chi connectivity index (χ3v) is 4.77. The predicted octanol–water partition coefficient (Wildman–Crippen LogP) is 1.58. The minimum atomic E-state index is -0.650. The Balaban J connectivity index is 1.82. The Labute approximate surface area is 150 Å². The molecule has 0 radical (unpaired) electrons. The third kappa shape index (κ3) is 5.67. The number of hydrogen-bond acceptors (Lipinski definition) is 6. The number of amides is 2.